The Labute approximate surface area is 180 Å². The summed E-state index contributed by atoms with van der Waals surface area (Å²) in [5.74, 6) is 0.0340. The van der Waals surface area contributed by atoms with Crippen LogP contribution in [-0.2, 0) is 25.5 Å². The Balaban J connectivity index is 2.23. The molecule has 2 rings (SSSR count). The van der Waals surface area contributed by atoms with Crippen molar-refractivity contribution in [3.8, 4) is 5.75 Å². The summed E-state index contributed by atoms with van der Waals surface area (Å²) >= 11 is 3.45. The highest BCUT2D eigenvalue weighted by atomic mass is 79.9. The molecule has 1 aliphatic heterocycles. The first kappa shape index (κ1) is 23.5. The first-order chi connectivity index (χ1) is 13.2. The molecular weight excluding hydrogens is 442 g/mol. The van der Waals surface area contributed by atoms with E-state index in [2.05, 4.69) is 21.4 Å². The zero-order valence-electron chi connectivity index (χ0n) is 18.1. The molecule has 0 radical (unpaired) electrons. The Hall–Kier alpha value is -1.80. The lowest BCUT2D eigenvalue weighted by Gasteiger charge is -2.38. The number of ether oxygens (including phenoxy) is 3. The topological polar surface area (TPSA) is 83.1 Å². The van der Waals surface area contributed by atoms with Crippen molar-refractivity contribution in [2.75, 3.05) is 0 Å². The van der Waals surface area contributed by atoms with Gasteiger partial charge in [-0.3, -0.25) is 0 Å². The third-order valence-corrected chi connectivity index (χ3v) is 4.62. The van der Waals surface area contributed by atoms with Crippen LogP contribution in [0.2, 0.25) is 0 Å². The molecule has 2 atom stereocenters. The molecule has 1 aliphatic rings. The van der Waals surface area contributed by atoms with Crippen LogP contribution >= 0.6 is 15.9 Å². The molecule has 0 saturated heterocycles. The Kier molecular flexibility index (Phi) is 6.89. The molecule has 29 heavy (non-hydrogen) atoms. The number of rotatable bonds is 4. The second kappa shape index (κ2) is 8.52. The summed E-state index contributed by atoms with van der Waals surface area (Å²) in [6.45, 7) is 12.0. The fraction of sp³-hybridized carbons (Fsp3) is 0.619. The van der Waals surface area contributed by atoms with Crippen LogP contribution in [-0.4, -0.2) is 35.0 Å². The van der Waals surface area contributed by atoms with Gasteiger partial charge in [0.1, 0.15) is 23.1 Å². The van der Waals surface area contributed by atoms with Crippen LogP contribution in [0.4, 0.5) is 4.79 Å². The van der Waals surface area contributed by atoms with Crippen LogP contribution in [0.3, 0.4) is 0 Å². The van der Waals surface area contributed by atoms with Crippen LogP contribution in [0, 0.1) is 0 Å². The van der Waals surface area contributed by atoms with Crippen LogP contribution in [0.5, 0.6) is 5.75 Å². The highest BCUT2D eigenvalue weighted by molar-refractivity contribution is 9.10. The summed E-state index contributed by atoms with van der Waals surface area (Å²) in [6.07, 6.45) is -0.267. The Morgan fingerprint density at radius 2 is 1.69 bits per heavy atom. The minimum Gasteiger partial charge on any atom is -0.486 e. The summed E-state index contributed by atoms with van der Waals surface area (Å²) in [6, 6.07) is 5.68. The predicted octanol–water partition coefficient (Wildman–Crippen LogP) is 4.70. The fourth-order valence-electron chi connectivity index (χ4n) is 2.81. The van der Waals surface area contributed by atoms with Crippen molar-refractivity contribution >= 4 is 28.0 Å². The van der Waals surface area contributed by atoms with E-state index in [1.54, 1.807) is 48.5 Å². The molecule has 0 saturated carbocycles. The number of hydroxylamine groups is 1. The standard InChI is InChI=1S/C21H30BrNO6/c1-19(2,3)27-17(24)21(7,29-23-18(25)28-20(4,5)6)16-11-8-13-12-14(22)9-10-15(13)26-16/h9-10,12,16H,8,11H2,1-7H3,(H,23,25)/t16-,21?/m1/s1. The maximum Gasteiger partial charge on any atom is 0.431 e. The van der Waals surface area contributed by atoms with E-state index in [1.165, 1.54) is 0 Å². The van der Waals surface area contributed by atoms with Gasteiger partial charge in [-0.25, -0.2) is 14.4 Å². The van der Waals surface area contributed by atoms with E-state index >= 15 is 0 Å². The van der Waals surface area contributed by atoms with E-state index in [-0.39, 0.29) is 0 Å². The fourth-order valence-corrected chi connectivity index (χ4v) is 3.22. The number of amides is 1. The van der Waals surface area contributed by atoms with Crippen molar-refractivity contribution < 1.29 is 28.6 Å². The van der Waals surface area contributed by atoms with Gasteiger partial charge in [0, 0.05) is 4.47 Å². The molecule has 0 spiro atoms. The molecule has 1 aromatic carbocycles. The van der Waals surface area contributed by atoms with Gasteiger partial charge >= 0.3 is 12.1 Å². The number of hydrogen-bond acceptors (Lipinski definition) is 6. The lowest BCUT2D eigenvalue weighted by atomic mass is 9.90. The second-order valence-electron chi connectivity index (χ2n) is 9.21. The SMILES string of the molecule is CC(C)(C)OC(=O)NOC(C)(C(=O)OC(C)(C)C)[C@H]1CCc2cc(Br)ccc2O1. The maximum atomic E-state index is 13.0. The average molecular weight is 472 g/mol. The Bertz CT molecular complexity index is 767. The highest BCUT2D eigenvalue weighted by Gasteiger charge is 2.50. The van der Waals surface area contributed by atoms with Gasteiger partial charge in [-0.05, 0) is 85.1 Å². The molecule has 1 N–H and O–H groups in total. The summed E-state index contributed by atoms with van der Waals surface area (Å²) in [5.41, 5.74) is 0.247. The molecule has 1 aromatic rings. The number of esters is 1. The maximum absolute atomic E-state index is 13.0. The summed E-state index contributed by atoms with van der Waals surface area (Å²) in [5, 5.41) is 0. The van der Waals surface area contributed by atoms with Gasteiger partial charge in [0.2, 0.25) is 5.60 Å². The van der Waals surface area contributed by atoms with Gasteiger partial charge in [0.25, 0.3) is 0 Å². The van der Waals surface area contributed by atoms with Crippen LogP contribution < -0.4 is 10.2 Å². The number of halogens is 1. The number of nitrogens with one attached hydrogen (secondary N) is 1. The first-order valence-corrected chi connectivity index (χ1v) is 10.3. The number of benzene rings is 1. The minimum atomic E-state index is -1.57. The lowest BCUT2D eigenvalue weighted by molar-refractivity contribution is -0.205. The van der Waals surface area contributed by atoms with Crippen molar-refractivity contribution in [2.24, 2.45) is 0 Å². The Morgan fingerprint density at radius 3 is 2.28 bits per heavy atom. The third-order valence-electron chi connectivity index (χ3n) is 4.13. The third kappa shape index (κ3) is 6.60. The van der Waals surface area contributed by atoms with Crippen LogP contribution in [0.25, 0.3) is 0 Å². The van der Waals surface area contributed by atoms with Crippen LogP contribution in [0.1, 0.15) is 60.5 Å². The highest BCUT2D eigenvalue weighted by Crippen LogP contribution is 2.35. The zero-order chi connectivity index (χ0) is 22.0. The Morgan fingerprint density at radius 1 is 1.07 bits per heavy atom. The molecule has 0 bridgehead atoms. The van der Waals surface area contributed by atoms with E-state index in [1.807, 2.05) is 18.2 Å². The number of carbonyl (C=O) groups excluding carboxylic acids is 2. The molecule has 0 fully saturated rings. The summed E-state index contributed by atoms with van der Waals surface area (Å²) in [7, 11) is 0. The lowest BCUT2D eigenvalue weighted by Crippen LogP contribution is -2.58. The van der Waals surface area contributed by atoms with Gasteiger partial charge in [-0.2, -0.15) is 5.48 Å². The van der Waals surface area contributed by atoms with Gasteiger partial charge < -0.3 is 14.2 Å². The summed E-state index contributed by atoms with van der Waals surface area (Å²) in [4.78, 5) is 30.7. The normalized spacial score (nSPS) is 18.7. The molecule has 162 valence electrons. The average Bonchev–Trinajstić information content (AvgIpc) is 2.56. The second-order valence-corrected chi connectivity index (χ2v) is 10.1. The van der Waals surface area contributed by atoms with Gasteiger partial charge in [-0.15, -0.1) is 0 Å². The molecule has 7 nitrogen and oxygen atoms in total. The van der Waals surface area contributed by atoms with Crippen molar-refractivity contribution in [3.05, 3.63) is 28.2 Å². The zero-order valence-corrected chi connectivity index (χ0v) is 19.6. The van der Waals surface area contributed by atoms with Gasteiger partial charge in [0.15, 0.2) is 0 Å². The van der Waals surface area contributed by atoms with E-state index in [9.17, 15) is 9.59 Å². The number of fused-ring (bicyclic) bond motifs is 1. The van der Waals surface area contributed by atoms with Crippen molar-refractivity contribution in [1.29, 1.82) is 0 Å². The molecule has 0 aromatic heterocycles. The largest absolute Gasteiger partial charge is 0.486 e. The molecule has 1 unspecified atom stereocenters. The van der Waals surface area contributed by atoms with E-state index in [4.69, 9.17) is 19.0 Å². The van der Waals surface area contributed by atoms with Crippen molar-refractivity contribution in [3.63, 3.8) is 0 Å². The summed E-state index contributed by atoms with van der Waals surface area (Å²) < 4.78 is 17.8. The smallest absolute Gasteiger partial charge is 0.431 e. The predicted molar refractivity (Wildman–Crippen MR) is 112 cm³/mol. The van der Waals surface area contributed by atoms with E-state index in [0.29, 0.717) is 18.6 Å². The van der Waals surface area contributed by atoms with Gasteiger partial charge in [-0.1, -0.05) is 15.9 Å². The molecular formula is C21H30BrNO6. The number of hydrogen-bond donors (Lipinski definition) is 1. The molecule has 0 aliphatic carbocycles. The number of aryl methyl sites for hydroxylation is 1. The molecule has 1 amide bonds. The minimum absolute atomic E-state index is 0.509. The first-order valence-electron chi connectivity index (χ1n) is 9.55. The van der Waals surface area contributed by atoms with E-state index in [0.717, 1.165) is 10.0 Å². The number of carbonyl (C=O) groups is 2. The molecule has 1 heterocycles. The van der Waals surface area contributed by atoms with Crippen LogP contribution in [0.15, 0.2) is 22.7 Å². The van der Waals surface area contributed by atoms with Gasteiger partial charge in [0.05, 0.1) is 0 Å². The van der Waals surface area contributed by atoms with Crippen molar-refractivity contribution in [2.45, 2.75) is 84.2 Å². The monoisotopic (exact) mass is 471 g/mol. The molecule has 8 heteroatoms. The van der Waals surface area contributed by atoms with E-state index < -0.39 is 35.0 Å². The quantitative estimate of drug-likeness (QED) is 0.505. The van der Waals surface area contributed by atoms with Crippen molar-refractivity contribution in [1.82, 2.24) is 5.48 Å².